The molecule has 6 nitrogen and oxygen atoms in total. The van der Waals surface area contributed by atoms with E-state index in [1.807, 2.05) is 42.5 Å². The molecule has 0 fully saturated rings. The van der Waals surface area contributed by atoms with Crippen LogP contribution < -0.4 is 4.18 Å². The molecule has 0 bridgehead atoms. The van der Waals surface area contributed by atoms with E-state index in [0.717, 1.165) is 11.3 Å². The summed E-state index contributed by atoms with van der Waals surface area (Å²) in [6.07, 6.45) is 3.70. The molecule has 0 aromatic heterocycles. The lowest BCUT2D eigenvalue weighted by Crippen LogP contribution is -1.98. The standard InChI is InChI=1S/C16H17N3O3S/c1-19(2)18-17-15-11-8-13(9-12-15)7-10-14-5-3-4-6-16(14)22-23(20)21/h3-12H,1-2H3,(H,20,21). The molecule has 2 aromatic carbocycles. The molecule has 1 atom stereocenters. The average molecular weight is 331 g/mol. The molecule has 0 saturated carbocycles. The highest BCUT2D eigenvalue weighted by Gasteiger charge is 2.03. The Kier molecular flexibility index (Phi) is 6.02. The third-order valence-corrected chi connectivity index (χ3v) is 3.09. The summed E-state index contributed by atoms with van der Waals surface area (Å²) < 4.78 is 24.5. The quantitative estimate of drug-likeness (QED) is 0.377. The van der Waals surface area contributed by atoms with Crippen molar-refractivity contribution in [1.29, 1.82) is 0 Å². The molecule has 0 radical (unpaired) electrons. The fourth-order valence-corrected chi connectivity index (χ4v) is 2.06. The average Bonchev–Trinajstić information content (AvgIpc) is 2.52. The minimum absolute atomic E-state index is 0.348. The third-order valence-electron chi connectivity index (χ3n) is 2.77. The van der Waals surface area contributed by atoms with Gasteiger partial charge in [-0.05, 0) is 23.8 Å². The van der Waals surface area contributed by atoms with Gasteiger partial charge in [0.1, 0.15) is 5.75 Å². The zero-order valence-corrected chi connectivity index (χ0v) is 13.6. The molecule has 2 aromatic rings. The third kappa shape index (κ3) is 5.65. The van der Waals surface area contributed by atoms with Crippen molar-refractivity contribution in [1.82, 2.24) is 5.01 Å². The van der Waals surface area contributed by atoms with E-state index < -0.39 is 11.4 Å². The fraction of sp³-hybridized carbons (Fsp3) is 0.125. The molecule has 0 spiro atoms. The van der Waals surface area contributed by atoms with Gasteiger partial charge in [0.2, 0.25) is 0 Å². The molecule has 0 aliphatic rings. The predicted octanol–water partition coefficient (Wildman–Crippen LogP) is 3.93. The summed E-state index contributed by atoms with van der Waals surface area (Å²) >= 11 is -2.35. The molecule has 0 aliphatic carbocycles. The summed E-state index contributed by atoms with van der Waals surface area (Å²) in [5, 5.41) is 9.61. The fourth-order valence-electron chi connectivity index (χ4n) is 1.75. The van der Waals surface area contributed by atoms with Crippen LogP contribution >= 0.6 is 0 Å². The van der Waals surface area contributed by atoms with E-state index in [2.05, 4.69) is 10.3 Å². The highest BCUT2D eigenvalue weighted by atomic mass is 32.2. The Hall–Kier alpha value is -2.51. The second-order valence-corrected chi connectivity index (χ2v) is 5.40. The van der Waals surface area contributed by atoms with Crippen LogP contribution in [-0.2, 0) is 11.4 Å². The first-order chi connectivity index (χ1) is 11.0. The van der Waals surface area contributed by atoms with Crippen LogP contribution in [0.1, 0.15) is 11.1 Å². The second kappa shape index (κ2) is 8.21. The minimum atomic E-state index is -2.35. The van der Waals surface area contributed by atoms with Crippen molar-refractivity contribution < 1.29 is 12.9 Å². The molecule has 7 heteroatoms. The van der Waals surface area contributed by atoms with Crippen molar-refractivity contribution in [2.75, 3.05) is 14.1 Å². The Bertz CT molecular complexity index is 728. The molecule has 0 heterocycles. The van der Waals surface area contributed by atoms with Gasteiger partial charge in [0.25, 0.3) is 0 Å². The lowest BCUT2D eigenvalue weighted by Gasteiger charge is -2.04. The van der Waals surface area contributed by atoms with Crippen LogP contribution in [-0.4, -0.2) is 27.9 Å². The van der Waals surface area contributed by atoms with E-state index in [4.69, 9.17) is 8.74 Å². The normalized spacial score (nSPS) is 12.7. The van der Waals surface area contributed by atoms with E-state index in [-0.39, 0.29) is 0 Å². The molecule has 1 unspecified atom stereocenters. The van der Waals surface area contributed by atoms with Crippen molar-refractivity contribution >= 4 is 29.2 Å². The smallest absolute Gasteiger partial charge is 0.357 e. The summed E-state index contributed by atoms with van der Waals surface area (Å²) in [5.41, 5.74) is 2.44. The second-order valence-electron chi connectivity index (χ2n) is 4.80. The van der Waals surface area contributed by atoms with Crippen LogP contribution in [0.15, 0.2) is 58.9 Å². The monoisotopic (exact) mass is 331 g/mol. The van der Waals surface area contributed by atoms with Crippen molar-refractivity contribution in [2.45, 2.75) is 0 Å². The first kappa shape index (κ1) is 16.9. The molecule has 0 saturated heterocycles. The molecule has 1 N–H and O–H groups in total. The zero-order valence-electron chi connectivity index (χ0n) is 12.8. The Labute approximate surface area is 137 Å². The van der Waals surface area contributed by atoms with Crippen molar-refractivity contribution in [3.63, 3.8) is 0 Å². The van der Waals surface area contributed by atoms with Crippen LogP contribution in [0.3, 0.4) is 0 Å². The van der Waals surface area contributed by atoms with E-state index in [9.17, 15) is 4.21 Å². The van der Waals surface area contributed by atoms with Crippen LogP contribution in [0.5, 0.6) is 5.75 Å². The predicted molar refractivity (Wildman–Crippen MR) is 91.4 cm³/mol. The number of benzene rings is 2. The van der Waals surface area contributed by atoms with Gasteiger partial charge in [-0.15, -0.1) is 5.11 Å². The first-order valence-corrected chi connectivity index (χ1v) is 7.83. The molecule has 2 rings (SSSR count). The summed E-state index contributed by atoms with van der Waals surface area (Å²) in [6.45, 7) is 0. The van der Waals surface area contributed by atoms with E-state index in [1.165, 1.54) is 0 Å². The molecule has 0 aliphatic heterocycles. The van der Waals surface area contributed by atoms with Crippen LogP contribution in [0.25, 0.3) is 12.2 Å². The SMILES string of the molecule is CN(C)N=Nc1ccc(C=Cc2ccccc2OS(=O)O)cc1. The highest BCUT2D eigenvalue weighted by Crippen LogP contribution is 2.22. The lowest BCUT2D eigenvalue weighted by atomic mass is 10.1. The molecular formula is C16H17N3O3S. The van der Waals surface area contributed by atoms with Crippen LogP contribution in [0, 0.1) is 0 Å². The van der Waals surface area contributed by atoms with Gasteiger partial charge < -0.3 is 4.18 Å². The van der Waals surface area contributed by atoms with Crippen molar-refractivity contribution in [3.05, 3.63) is 59.7 Å². The topological polar surface area (TPSA) is 74.5 Å². The van der Waals surface area contributed by atoms with Crippen LogP contribution in [0.2, 0.25) is 0 Å². The summed E-state index contributed by atoms with van der Waals surface area (Å²) in [5.74, 6) is 0.348. The minimum Gasteiger partial charge on any atom is -0.379 e. The summed E-state index contributed by atoms with van der Waals surface area (Å²) in [7, 11) is 3.61. The van der Waals surface area contributed by atoms with E-state index >= 15 is 0 Å². The van der Waals surface area contributed by atoms with Gasteiger partial charge in [0, 0.05) is 19.7 Å². The Morgan fingerprint density at radius 3 is 2.43 bits per heavy atom. The van der Waals surface area contributed by atoms with Gasteiger partial charge >= 0.3 is 11.4 Å². The molecule has 120 valence electrons. The first-order valence-electron chi connectivity index (χ1n) is 6.80. The molecule has 0 amide bonds. The van der Waals surface area contributed by atoms with Gasteiger partial charge in [0.05, 0.1) is 5.69 Å². The van der Waals surface area contributed by atoms with Gasteiger partial charge in [-0.25, -0.2) is 0 Å². The molecular weight excluding hydrogens is 314 g/mol. The maximum atomic E-state index is 10.8. The van der Waals surface area contributed by atoms with Crippen molar-refractivity contribution in [3.8, 4) is 5.75 Å². The van der Waals surface area contributed by atoms with Gasteiger partial charge in [-0.2, -0.15) is 4.21 Å². The molecule has 23 heavy (non-hydrogen) atoms. The Balaban J connectivity index is 2.13. The Morgan fingerprint density at radius 1 is 1.09 bits per heavy atom. The van der Waals surface area contributed by atoms with Gasteiger partial charge in [-0.1, -0.05) is 47.7 Å². The number of hydrogen-bond acceptors (Lipinski definition) is 4. The number of hydrogen-bond donors (Lipinski definition) is 1. The number of para-hydroxylation sites is 1. The summed E-state index contributed by atoms with van der Waals surface area (Å²) in [6, 6.07) is 14.6. The van der Waals surface area contributed by atoms with E-state index in [1.54, 1.807) is 37.3 Å². The highest BCUT2D eigenvalue weighted by molar-refractivity contribution is 7.74. The lowest BCUT2D eigenvalue weighted by molar-refractivity contribution is 0.408. The number of nitrogens with zero attached hydrogens (tertiary/aromatic N) is 3. The Morgan fingerprint density at radius 2 is 1.78 bits per heavy atom. The zero-order chi connectivity index (χ0) is 16.7. The van der Waals surface area contributed by atoms with Crippen molar-refractivity contribution in [2.24, 2.45) is 10.3 Å². The maximum Gasteiger partial charge on any atom is 0.357 e. The number of rotatable bonds is 6. The van der Waals surface area contributed by atoms with E-state index in [0.29, 0.717) is 11.3 Å². The maximum absolute atomic E-state index is 10.8. The van der Waals surface area contributed by atoms with Gasteiger partial charge in [0.15, 0.2) is 0 Å². The van der Waals surface area contributed by atoms with Crippen LogP contribution in [0.4, 0.5) is 5.69 Å². The summed E-state index contributed by atoms with van der Waals surface area (Å²) in [4.78, 5) is 0. The largest absolute Gasteiger partial charge is 0.379 e. The van der Waals surface area contributed by atoms with Gasteiger partial charge in [-0.3, -0.25) is 9.56 Å².